The molecule has 0 radical (unpaired) electrons. The van der Waals surface area contributed by atoms with E-state index in [-0.39, 0.29) is 33.3 Å². The zero-order chi connectivity index (χ0) is 21.0. The minimum atomic E-state index is -3.96. The number of benzene rings is 2. The van der Waals surface area contributed by atoms with Crippen LogP contribution in [0, 0.1) is 6.92 Å². The lowest BCUT2D eigenvalue weighted by atomic mass is 10.1. The summed E-state index contributed by atoms with van der Waals surface area (Å²) < 4.78 is 36.6. The maximum absolute atomic E-state index is 12.2. The normalized spacial score (nSPS) is 11.4. The molecule has 1 N–H and O–H groups in total. The van der Waals surface area contributed by atoms with Crippen molar-refractivity contribution in [1.82, 2.24) is 14.9 Å². The molecule has 0 unspecified atom stereocenters. The largest absolute Gasteiger partial charge is 0.456 e. The van der Waals surface area contributed by atoms with Gasteiger partial charge in [0.25, 0.3) is 5.89 Å². The minimum Gasteiger partial charge on any atom is -0.456 e. The summed E-state index contributed by atoms with van der Waals surface area (Å²) in [5, 5.41) is 4.03. The highest BCUT2D eigenvalue weighted by molar-refractivity contribution is 7.89. The third-order valence-electron chi connectivity index (χ3n) is 3.74. The van der Waals surface area contributed by atoms with E-state index < -0.39 is 22.5 Å². The fraction of sp³-hybridized carbons (Fsp3) is 0.167. The number of rotatable bonds is 7. The Morgan fingerprint density at radius 3 is 2.55 bits per heavy atom. The number of sulfonamides is 1. The van der Waals surface area contributed by atoms with Crippen LogP contribution in [0.5, 0.6) is 0 Å². The van der Waals surface area contributed by atoms with Crippen molar-refractivity contribution in [1.29, 1.82) is 0 Å². The van der Waals surface area contributed by atoms with Crippen LogP contribution in [-0.4, -0.2) is 31.1 Å². The van der Waals surface area contributed by atoms with Crippen molar-refractivity contribution in [3.63, 3.8) is 0 Å². The van der Waals surface area contributed by atoms with Gasteiger partial charge in [0.2, 0.25) is 15.8 Å². The summed E-state index contributed by atoms with van der Waals surface area (Å²) in [6, 6.07) is 11.3. The number of esters is 1. The molecule has 8 nitrogen and oxygen atoms in total. The number of nitrogens with zero attached hydrogens (tertiary/aromatic N) is 2. The van der Waals surface area contributed by atoms with Crippen LogP contribution in [0.3, 0.4) is 0 Å². The molecule has 1 aromatic heterocycles. The summed E-state index contributed by atoms with van der Waals surface area (Å²) in [7, 11) is -3.96. The monoisotopic (exact) mass is 455 g/mol. The van der Waals surface area contributed by atoms with Crippen LogP contribution in [0.4, 0.5) is 0 Å². The predicted octanol–water partition coefficient (Wildman–Crippen LogP) is 3.37. The van der Waals surface area contributed by atoms with E-state index in [9.17, 15) is 13.2 Å². The van der Waals surface area contributed by atoms with E-state index >= 15 is 0 Å². The average Bonchev–Trinajstić information content (AvgIpc) is 3.16. The number of aryl methyl sites for hydroxylation is 1. The Morgan fingerprint density at radius 2 is 1.86 bits per heavy atom. The van der Waals surface area contributed by atoms with Crippen LogP contribution in [-0.2, 0) is 26.2 Å². The number of carbonyl (C=O) groups is 1. The third kappa shape index (κ3) is 5.54. The molecule has 11 heteroatoms. The van der Waals surface area contributed by atoms with Crippen LogP contribution in [0.15, 0.2) is 51.9 Å². The highest BCUT2D eigenvalue weighted by Crippen LogP contribution is 2.24. The molecule has 152 valence electrons. The van der Waals surface area contributed by atoms with Crippen molar-refractivity contribution >= 4 is 39.2 Å². The van der Waals surface area contributed by atoms with Crippen molar-refractivity contribution < 1.29 is 22.5 Å². The zero-order valence-corrected chi connectivity index (χ0v) is 17.4. The van der Waals surface area contributed by atoms with Crippen LogP contribution in [0.1, 0.15) is 11.4 Å². The summed E-state index contributed by atoms with van der Waals surface area (Å²) in [6.45, 7) is 1.12. The number of ether oxygens (including phenoxy) is 1. The van der Waals surface area contributed by atoms with Crippen LogP contribution >= 0.6 is 23.2 Å². The molecule has 0 saturated carbocycles. The first-order chi connectivity index (χ1) is 13.7. The quantitative estimate of drug-likeness (QED) is 0.543. The maximum Gasteiger partial charge on any atom is 0.321 e. The lowest BCUT2D eigenvalue weighted by Gasteiger charge is -2.07. The van der Waals surface area contributed by atoms with Gasteiger partial charge in [-0.2, -0.15) is 9.71 Å². The first-order valence-corrected chi connectivity index (χ1v) is 10.5. The number of hydrogen-bond acceptors (Lipinski definition) is 7. The first kappa shape index (κ1) is 21.3. The standard InChI is InChI=1S/C18H15Cl2N3O5S/c1-11-2-4-12(5-3-11)18-22-16(23-28-18)10-27-17(24)9-21-29(25,26)13-6-7-14(19)15(20)8-13/h2-8,21H,9-10H2,1H3. The summed E-state index contributed by atoms with van der Waals surface area (Å²) >= 11 is 11.6. The Balaban J connectivity index is 1.53. The van der Waals surface area contributed by atoms with Gasteiger partial charge in [-0.05, 0) is 37.3 Å². The lowest BCUT2D eigenvalue weighted by Crippen LogP contribution is -2.30. The molecule has 0 aliphatic rings. The van der Waals surface area contributed by atoms with E-state index in [1.54, 1.807) is 0 Å². The molecule has 2 aromatic carbocycles. The van der Waals surface area contributed by atoms with Crippen molar-refractivity contribution in [2.75, 3.05) is 6.54 Å². The van der Waals surface area contributed by atoms with Gasteiger partial charge in [0.15, 0.2) is 6.61 Å². The van der Waals surface area contributed by atoms with E-state index in [4.69, 9.17) is 32.5 Å². The topological polar surface area (TPSA) is 111 Å². The molecule has 0 fully saturated rings. The SMILES string of the molecule is Cc1ccc(-c2nc(COC(=O)CNS(=O)(=O)c3ccc(Cl)c(Cl)c3)no2)cc1. The second kappa shape index (κ2) is 8.91. The molecular formula is C18H15Cl2N3O5S. The maximum atomic E-state index is 12.2. The number of halogens is 2. The molecule has 1 heterocycles. The summed E-state index contributed by atoms with van der Waals surface area (Å²) in [5.74, 6) is -0.368. The van der Waals surface area contributed by atoms with Gasteiger partial charge in [-0.15, -0.1) is 0 Å². The molecule has 0 aliphatic carbocycles. The van der Waals surface area contributed by atoms with Crippen molar-refractivity contribution in [3.05, 3.63) is 63.9 Å². The number of carbonyl (C=O) groups excluding carboxylic acids is 1. The molecule has 0 amide bonds. The van der Waals surface area contributed by atoms with Gasteiger partial charge in [-0.1, -0.05) is 46.1 Å². The Morgan fingerprint density at radius 1 is 1.14 bits per heavy atom. The van der Waals surface area contributed by atoms with Gasteiger partial charge < -0.3 is 9.26 Å². The van der Waals surface area contributed by atoms with Gasteiger partial charge in [-0.3, -0.25) is 4.79 Å². The average molecular weight is 456 g/mol. The third-order valence-corrected chi connectivity index (χ3v) is 5.87. The smallest absolute Gasteiger partial charge is 0.321 e. The fourth-order valence-electron chi connectivity index (χ4n) is 2.20. The first-order valence-electron chi connectivity index (χ1n) is 8.24. The van der Waals surface area contributed by atoms with E-state index in [0.29, 0.717) is 0 Å². The molecular weight excluding hydrogens is 441 g/mol. The molecule has 0 saturated heterocycles. The lowest BCUT2D eigenvalue weighted by molar-refractivity contribution is -0.143. The molecule has 3 rings (SSSR count). The van der Waals surface area contributed by atoms with Gasteiger partial charge in [-0.25, -0.2) is 8.42 Å². The van der Waals surface area contributed by atoms with Crippen molar-refractivity contribution in [3.8, 4) is 11.5 Å². The zero-order valence-electron chi connectivity index (χ0n) is 15.1. The Kier molecular flexibility index (Phi) is 6.53. The molecule has 0 aliphatic heterocycles. The second-order valence-electron chi connectivity index (χ2n) is 5.94. The summed E-state index contributed by atoms with van der Waals surface area (Å²) in [4.78, 5) is 15.9. The number of aromatic nitrogens is 2. The van der Waals surface area contributed by atoms with E-state index in [1.165, 1.54) is 18.2 Å². The van der Waals surface area contributed by atoms with Crippen LogP contribution in [0.2, 0.25) is 10.0 Å². The minimum absolute atomic E-state index is 0.0820. The molecule has 3 aromatic rings. The van der Waals surface area contributed by atoms with E-state index in [0.717, 1.165) is 11.1 Å². The van der Waals surface area contributed by atoms with Crippen LogP contribution in [0.25, 0.3) is 11.5 Å². The second-order valence-corrected chi connectivity index (χ2v) is 8.52. The number of nitrogens with one attached hydrogen (secondary N) is 1. The molecule has 0 bridgehead atoms. The predicted molar refractivity (Wildman–Crippen MR) is 106 cm³/mol. The van der Waals surface area contributed by atoms with Crippen molar-refractivity contribution in [2.45, 2.75) is 18.4 Å². The highest BCUT2D eigenvalue weighted by Gasteiger charge is 2.18. The highest BCUT2D eigenvalue weighted by atomic mass is 35.5. The van der Waals surface area contributed by atoms with Gasteiger partial charge in [0, 0.05) is 5.56 Å². The molecule has 0 spiro atoms. The summed E-state index contributed by atoms with van der Waals surface area (Å²) in [5.41, 5.74) is 1.82. The van der Waals surface area contributed by atoms with Crippen molar-refractivity contribution in [2.24, 2.45) is 0 Å². The molecule has 29 heavy (non-hydrogen) atoms. The van der Waals surface area contributed by atoms with E-state index in [2.05, 4.69) is 14.9 Å². The van der Waals surface area contributed by atoms with Gasteiger partial charge in [0.1, 0.15) is 6.54 Å². The summed E-state index contributed by atoms with van der Waals surface area (Å²) in [6.07, 6.45) is 0. The van der Waals surface area contributed by atoms with Gasteiger partial charge >= 0.3 is 5.97 Å². The van der Waals surface area contributed by atoms with E-state index in [1.807, 2.05) is 31.2 Å². The molecule has 0 atom stereocenters. The fourth-order valence-corrected chi connectivity index (χ4v) is 3.56. The Hall–Kier alpha value is -2.46. The number of hydrogen-bond donors (Lipinski definition) is 1. The van der Waals surface area contributed by atoms with Gasteiger partial charge in [0.05, 0.1) is 14.9 Å². The Labute approximate surface area is 176 Å². The Bertz CT molecular complexity index is 1130. The van der Waals surface area contributed by atoms with Crippen LogP contribution < -0.4 is 4.72 Å².